The maximum Gasteiger partial charge on any atom is 0.109 e. The summed E-state index contributed by atoms with van der Waals surface area (Å²) in [6.45, 7) is 3.25. The number of rotatable bonds is 1. The number of hydrogen-bond acceptors (Lipinski definition) is 1. The van der Waals surface area contributed by atoms with Crippen LogP contribution in [0.25, 0.3) is 11.3 Å². The van der Waals surface area contributed by atoms with Crippen molar-refractivity contribution in [2.45, 2.75) is 39.2 Å². The SMILES string of the molecule is Cc1ccc(-c2cnc3n2CCCCC3)cc1.[Cl-]. The number of fused-ring (bicyclic) bond motifs is 1. The van der Waals surface area contributed by atoms with Crippen molar-refractivity contribution in [2.75, 3.05) is 0 Å². The molecule has 1 aliphatic heterocycles. The summed E-state index contributed by atoms with van der Waals surface area (Å²) >= 11 is 0. The van der Waals surface area contributed by atoms with Crippen LogP contribution in [-0.4, -0.2) is 9.55 Å². The maximum atomic E-state index is 4.58. The van der Waals surface area contributed by atoms with E-state index >= 15 is 0 Å². The summed E-state index contributed by atoms with van der Waals surface area (Å²) in [7, 11) is 0. The second-order valence-corrected chi connectivity index (χ2v) is 4.89. The highest BCUT2D eigenvalue weighted by molar-refractivity contribution is 5.59. The summed E-state index contributed by atoms with van der Waals surface area (Å²) in [6.07, 6.45) is 7.06. The number of imidazole rings is 1. The predicted octanol–water partition coefficient (Wildman–Crippen LogP) is 0.589. The smallest absolute Gasteiger partial charge is 0.109 e. The Balaban J connectivity index is 0.00000120. The van der Waals surface area contributed by atoms with E-state index in [9.17, 15) is 0 Å². The van der Waals surface area contributed by atoms with Crippen LogP contribution in [0.4, 0.5) is 0 Å². The minimum absolute atomic E-state index is 0. The van der Waals surface area contributed by atoms with Gasteiger partial charge in [0.15, 0.2) is 0 Å². The molecule has 2 nitrogen and oxygen atoms in total. The molecule has 2 heterocycles. The van der Waals surface area contributed by atoms with Crippen LogP contribution < -0.4 is 12.4 Å². The summed E-state index contributed by atoms with van der Waals surface area (Å²) in [4.78, 5) is 4.58. The summed E-state index contributed by atoms with van der Waals surface area (Å²) in [5.41, 5.74) is 3.88. The van der Waals surface area contributed by atoms with E-state index in [-0.39, 0.29) is 12.4 Å². The Morgan fingerprint density at radius 2 is 1.83 bits per heavy atom. The van der Waals surface area contributed by atoms with Gasteiger partial charge in [0.25, 0.3) is 0 Å². The van der Waals surface area contributed by atoms with Crippen LogP contribution in [0.15, 0.2) is 30.5 Å². The van der Waals surface area contributed by atoms with Crippen molar-refractivity contribution in [3.05, 3.63) is 41.9 Å². The lowest BCUT2D eigenvalue weighted by atomic mass is 10.1. The third-order valence-electron chi connectivity index (χ3n) is 3.57. The van der Waals surface area contributed by atoms with E-state index in [1.807, 2.05) is 6.20 Å². The molecule has 18 heavy (non-hydrogen) atoms. The molecule has 0 N–H and O–H groups in total. The lowest BCUT2D eigenvalue weighted by Crippen LogP contribution is -3.00. The van der Waals surface area contributed by atoms with Gasteiger partial charge in [-0.25, -0.2) is 4.98 Å². The Morgan fingerprint density at radius 3 is 2.61 bits per heavy atom. The van der Waals surface area contributed by atoms with Gasteiger partial charge in [-0.1, -0.05) is 36.2 Å². The number of hydrogen-bond donors (Lipinski definition) is 0. The first-order valence-electron chi connectivity index (χ1n) is 6.46. The average molecular weight is 262 g/mol. The molecule has 3 rings (SSSR count). The molecule has 0 radical (unpaired) electrons. The molecule has 0 atom stereocenters. The van der Waals surface area contributed by atoms with Gasteiger partial charge in [0.05, 0.1) is 11.9 Å². The fraction of sp³-hybridized carbons (Fsp3) is 0.400. The van der Waals surface area contributed by atoms with Crippen LogP contribution in [-0.2, 0) is 13.0 Å². The topological polar surface area (TPSA) is 17.8 Å². The first kappa shape index (κ1) is 13.2. The van der Waals surface area contributed by atoms with E-state index in [0.29, 0.717) is 0 Å². The van der Waals surface area contributed by atoms with Crippen molar-refractivity contribution in [3.8, 4) is 11.3 Å². The summed E-state index contributed by atoms with van der Waals surface area (Å²) in [6, 6.07) is 8.74. The second-order valence-electron chi connectivity index (χ2n) is 4.89. The number of nitrogens with zero attached hydrogens (tertiary/aromatic N) is 2. The van der Waals surface area contributed by atoms with Gasteiger partial charge in [0.2, 0.25) is 0 Å². The van der Waals surface area contributed by atoms with Crippen molar-refractivity contribution >= 4 is 0 Å². The van der Waals surface area contributed by atoms with Crippen LogP contribution >= 0.6 is 0 Å². The predicted molar refractivity (Wildman–Crippen MR) is 70.0 cm³/mol. The van der Waals surface area contributed by atoms with Crippen molar-refractivity contribution < 1.29 is 12.4 Å². The van der Waals surface area contributed by atoms with E-state index in [1.54, 1.807) is 0 Å². The molecule has 96 valence electrons. The molecule has 0 fully saturated rings. The molecule has 3 heteroatoms. The van der Waals surface area contributed by atoms with E-state index in [1.165, 1.54) is 41.9 Å². The average Bonchev–Trinajstić information content (AvgIpc) is 2.60. The molecule has 0 bridgehead atoms. The number of halogens is 1. The van der Waals surface area contributed by atoms with Crippen LogP contribution in [0, 0.1) is 6.92 Å². The van der Waals surface area contributed by atoms with Crippen molar-refractivity contribution in [2.24, 2.45) is 0 Å². The molecule has 0 saturated heterocycles. The number of benzene rings is 1. The van der Waals surface area contributed by atoms with E-state index in [0.717, 1.165) is 13.0 Å². The Bertz CT molecular complexity index is 514. The highest BCUT2D eigenvalue weighted by Gasteiger charge is 2.13. The lowest BCUT2D eigenvalue weighted by molar-refractivity contribution is -0.00000362. The summed E-state index contributed by atoms with van der Waals surface area (Å²) in [5, 5.41) is 0. The van der Waals surface area contributed by atoms with E-state index in [2.05, 4.69) is 40.7 Å². The Morgan fingerprint density at radius 1 is 1.06 bits per heavy atom. The summed E-state index contributed by atoms with van der Waals surface area (Å²) < 4.78 is 2.40. The van der Waals surface area contributed by atoms with Gasteiger partial charge < -0.3 is 17.0 Å². The first-order chi connectivity index (χ1) is 8.34. The zero-order valence-corrected chi connectivity index (χ0v) is 11.5. The molecule has 1 aromatic heterocycles. The van der Waals surface area contributed by atoms with Crippen LogP contribution in [0.1, 0.15) is 30.7 Å². The van der Waals surface area contributed by atoms with Gasteiger partial charge in [0.1, 0.15) is 5.82 Å². The highest BCUT2D eigenvalue weighted by atomic mass is 35.5. The lowest BCUT2D eigenvalue weighted by Gasteiger charge is -2.09. The molecule has 0 spiro atoms. The van der Waals surface area contributed by atoms with Crippen molar-refractivity contribution in [3.63, 3.8) is 0 Å². The molecule has 1 aliphatic rings. The number of aryl methyl sites for hydroxylation is 2. The van der Waals surface area contributed by atoms with Gasteiger partial charge >= 0.3 is 0 Å². The maximum absolute atomic E-state index is 4.58. The minimum Gasteiger partial charge on any atom is -1.00 e. The molecule has 0 unspecified atom stereocenters. The molecule has 1 aromatic carbocycles. The molecular formula is C15H18ClN2-. The third-order valence-corrected chi connectivity index (χ3v) is 3.57. The van der Waals surface area contributed by atoms with Gasteiger partial charge in [-0.3, -0.25) is 0 Å². The Labute approximate surface area is 114 Å². The zero-order chi connectivity index (χ0) is 11.7. The van der Waals surface area contributed by atoms with E-state index in [4.69, 9.17) is 0 Å². The quantitative estimate of drug-likeness (QED) is 0.735. The molecule has 2 aromatic rings. The monoisotopic (exact) mass is 261 g/mol. The third kappa shape index (κ3) is 2.44. The Kier molecular flexibility index (Phi) is 4.07. The molecule has 0 amide bonds. The molecular weight excluding hydrogens is 244 g/mol. The van der Waals surface area contributed by atoms with Crippen LogP contribution in [0.5, 0.6) is 0 Å². The van der Waals surface area contributed by atoms with Crippen LogP contribution in [0.2, 0.25) is 0 Å². The van der Waals surface area contributed by atoms with E-state index < -0.39 is 0 Å². The minimum atomic E-state index is 0. The van der Waals surface area contributed by atoms with Gasteiger partial charge in [-0.05, 0) is 25.3 Å². The van der Waals surface area contributed by atoms with Gasteiger partial charge in [0, 0.05) is 13.0 Å². The fourth-order valence-electron chi connectivity index (χ4n) is 2.55. The normalized spacial score (nSPS) is 14.5. The molecule has 0 aliphatic carbocycles. The van der Waals surface area contributed by atoms with Gasteiger partial charge in [-0.15, -0.1) is 0 Å². The van der Waals surface area contributed by atoms with Gasteiger partial charge in [-0.2, -0.15) is 0 Å². The molecule has 0 saturated carbocycles. The highest BCUT2D eigenvalue weighted by Crippen LogP contribution is 2.24. The number of aromatic nitrogens is 2. The van der Waals surface area contributed by atoms with Crippen molar-refractivity contribution in [1.82, 2.24) is 9.55 Å². The second kappa shape index (κ2) is 5.57. The van der Waals surface area contributed by atoms with Crippen molar-refractivity contribution in [1.29, 1.82) is 0 Å². The van der Waals surface area contributed by atoms with Crippen LogP contribution in [0.3, 0.4) is 0 Å². The summed E-state index contributed by atoms with van der Waals surface area (Å²) in [5.74, 6) is 1.26. The largest absolute Gasteiger partial charge is 1.00 e. The Hall–Kier alpha value is -1.28. The fourth-order valence-corrected chi connectivity index (χ4v) is 2.55. The first-order valence-corrected chi connectivity index (χ1v) is 6.46. The zero-order valence-electron chi connectivity index (χ0n) is 10.7. The standard InChI is InChI=1S/C15H18N2.ClH/c1-12-6-8-13(9-7-12)14-11-16-15-5-3-2-4-10-17(14)15;/h6-9,11H,2-5,10H2,1H3;1H/p-1.